The smallest absolute Gasteiger partial charge is 0.253 e. The molecule has 1 heterocycles. The van der Waals surface area contributed by atoms with Gasteiger partial charge in [-0.3, -0.25) is 4.79 Å². The van der Waals surface area contributed by atoms with Gasteiger partial charge in [-0.1, -0.05) is 0 Å². The van der Waals surface area contributed by atoms with Crippen LogP contribution in [0.25, 0.3) is 10.9 Å². The van der Waals surface area contributed by atoms with Crippen molar-refractivity contribution < 1.29 is 14.4 Å². The maximum atomic E-state index is 12.6. The van der Waals surface area contributed by atoms with Crippen LogP contribution in [0.4, 0.5) is 0 Å². The first-order chi connectivity index (χ1) is 13.4. The molecule has 154 valence electrons. The standard InChI is InChI=1S/C20H30N4O3S/c1-23(2)9-10-24(20(28)21-8-5-11-26-3)14-16-12-15-13-17(27-4)6-7-18(15)22-19(16)25/h6-7,12-13H,5,8-11,14H2,1-4H3,(H,21,28)(H,22,25)/p+1. The Hall–Kier alpha value is -2.16. The largest absolute Gasteiger partial charge is 0.497 e. The summed E-state index contributed by atoms with van der Waals surface area (Å²) in [7, 11) is 7.52. The van der Waals surface area contributed by atoms with E-state index < -0.39 is 0 Å². The van der Waals surface area contributed by atoms with Crippen molar-refractivity contribution in [2.24, 2.45) is 0 Å². The molecule has 1 aromatic carbocycles. The van der Waals surface area contributed by atoms with E-state index in [1.807, 2.05) is 29.2 Å². The Morgan fingerprint density at radius 3 is 2.75 bits per heavy atom. The molecule has 0 bridgehead atoms. The van der Waals surface area contributed by atoms with Crippen LogP contribution < -0.4 is 20.5 Å². The highest BCUT2D eigenvalue weighted by Crippen LogP contribution is 2.19. The molecule has 0 saturated heterocycles. The highest BCUT2D eigenvalue weighted by atomic mass is 32.1. The lowest BCUT2D eigenvalue weighted by molar-refractivity contribution is -0.857. The number of pyridine rings is 1. The molecule has 3 N–H and O–H groups in total. The van der Waals surface area contributed by atoms with E-state index >= 15 is 0 Å². The summed E-state index contributed by atoms with van der Waals surface area (Å²) in [5.41, 5.74) is 1.37. The number of hydrogen-bond donors (Lipinski definition) is 3. The maximum Gasteiger partial charge on any atom is 0.253 e. The second-order valence-corrected chi connectivity index (χ2v) is 7.42. The Kier molecular flexibility index (Phi) is 8.69. The van der Waals surface area contributed by atoms with Gasteiger partial charge in [0.2, 0.25) is 0 Å². The first kappa shape index (κ1) is 22.1. The summed E-state index contributed by atoms with van der Waals surface area (Å²) in [5, 5.41) is 4.86. The van der Waals surface area contributed by atoms with E-state index in [2.05, 4.69) is 24.4 Å². The molecule has 0 aliphatic rings. The third-order valence-electron chi connectivity index (χ3n) is 4.46. The van der Waals surface area contributed by atoms with Gasteiger partial charge in [0.25, 0.3) is 5.56 Å². The molecule has 0 aliphatic carbocycles. The number of hydrogen-bond acceptors (Lipinski definition) is 4. The Bertz CT molecular complexity index is 838. The van der Waals surface area contributed by atoms with Crippen molar-refractivity contribution in [1.29, 1.82) is 0 Å². The number of nitrogens with one attached hydrogen (secondary N) is 3. The number of benzene rings is 1. The summed E-state index contributed by atoms with van der Waals surface area (Å²) in [4.78, 5) is 18.9. The van der Waals surface area contributed by atoms with Crippen LogP contribution in [0.1, 0.15) is 12.0 Å². The number of rotatable bonds is 10. The van der Waals surface area contributed by atoms with Crippen LogP contribution in [0.5, 0.6) is 5.75 Å². The van der Waals surface area contributed by atoms with Gasteiger partial charge in [0.1, 0.15) is 5.75 Å². The minimum absolute atomic E-state index is 0.0953. The van der Waals surface area contributed by atoms with Crippen LogP contribution in [0.3, 0.4) is 0 Å². The topological polar surface area (TPSA) is 71.0 Å². The zero-order chi connectivity index (χ0) is 20.5. The number of aromatic amines is 1. The Morgan fingerprint density at radius 1 is 1.29 bits per heavy atom. The van der Waals surface area contributed by atoms with Gasteiger partial charge < -0.3 is 29.6 Å². The molecule has 0 unspecified atom stereocenters. The second kappa shape index (κ2) is 11.0. The lowest BCUT2D eigenvalue weighted by atomic mass is 10.1. The van der Waals surface area contributed by atoms with E-state index in [1.165, 1.54) is 4.90 Å². The second-order valence-electron chi connectivity index (χ2n) is 7.03. The molecule has 8 heteroatoms. The highest BCUT2D eigenvalue weighted by Gasteiger charge is 2.14. The van der Waals surface area contributed by atoms with Crippen LogP contribution in [0.2, 0.25) is 0 Å². The zero-order valence-corrected chi connectivity index (χ0v) is 17.9. The van der Waals surface area contributed by atoms with Crippen molar-refractivity contribution in [3.8, 4) is 5.75 Å². The summed E-state index contributed by atoms with van der Waals surface area (Å²) in [6.07, 6.45) is 0.875. The summed E-state index contributed by atoms with van der Waals surface area (Å²) in [6, 6.07) is 7.53. The van der Waals surface area contributed by atoms with Gasteiger partial charge in [0.15, 0.2) is 5.11 Å². The zero-order valence-electron chi connectivity index (χ0n) is 17.1. The summed E-state index contributed by atoms with van der Waals surface area (Å²) in [5.74, 6) is 0.758. The molecule has 2 aromatic rings. The van der Waals surface area contributed by atoms with Gasteiger partial charge in [0, 0.05) is 36.7 Å². The van der Waals surface area contributed by atoms with E-state index in [0.29, 0.717) is 23.8 Å². The molecular weight excluding hydrogens is 376 g/mol. The lowest BCUT2D eigenvalue weighted by Crippen LogP contribution is -3.06. The molecule has 28 heavy (non-hydrogen) atoms. The van der Waals surface area contributed by atoms with Gasteiger partial charge >= 0.3 is 0 Å². The van der Waals surface area contributed by atoms with E-state index in [1.54, 1.807) is 14.2 Å². The van der Waals surface area contributed by atoms with Crippen LogP contribution in [-0.4, -0.2) is 69.6 Å². The quantitative estimate of drug-likeness (QED) is 0.391. The van der Waals surface area contributed by atoms with E-state index in [-0.39, 0.29) is 5.56 Å². The van der Waals surface area contributed by atoms with Crippen LogP contribution in [0, 0.1) is 0 Å². The Labute approximate surface area is 171 Å². The maximum absolute atomic E-state index is 12.6. The molecule has 0 atom stereocenters. The number of quaternary nitrogens is 1. The van der Waals surface area contributed by atoms with Gasteiger partial charge in [0.05, 0.1) is 40.8 Å². The number of aromatic nitrogens is 1. The molecular formula is C20H31N4O3S+. The van der Waals surface area contributed by atoms with Gasteiger partial charge in [-0.25, -0.2) is 0 Å². The minimum Gasteiger partial charge on any atom is -0.497 e. The monoisotopic (exact) mass is 407 g/mol. The summed E-state index contributed by atoms with van der Waals surface area (Å²) in [6.45, 7) is 3.55. The number of likely N-dealkylation sites (N-methyl/N-ethyl adjacent to an activating group) is 1. The average molecular weight is 408 g/mol. The van der Waals surface area contributed by atoms with E-state index in [4.69, 9.17) is 21.7 Å². The van der Waals surface area contributed by atoms with E-state index in [0.717, 1.165) is 42.7 Å². The average Bonchev–Trinajstić information content (AvgIpc) is 2.68. The SMILES string of the molecule is COCCCNC(=S)N(CC[NH+](C)C)Cc1cc2cc(OC)ccc2[nH]c1=O. The Morgan fingerprint density at radius 2 is 2.07 bits per heavy atom. The van der Waals surface area contributed by atoms with Gasteiger partial charge in [-0.2, -0.15) is 0 Å². The molecule has 7 nitrogen and oxygen atoms in total. The van der Waals surface area contributed by atoms with Crippen molar-refractivity contribution in [2.45, 2.75) is 13.0 Å². The molecule has 0 amide bonds. The molecule has 2 rings (SSSR count). The van der Waals surface area contributed by atoms with Crippen LogP contribution in [-0.2, 0) is 11.3 Å². The number of methoxy groups -OCH3 is 2. The fourth-order valence-electron chi connectivity index (χ4n) is 2.81. The summed E-state index contributed by atoms with van der Waals surface area (Å²) >= 11 is 5.59. The van der Waals surface area contributed by atoms with Crippen LogP contribution in [0.15, 0.2) is 29.1 Å². The minimum atomic E-state index is -0.0953. The predicted molar refractivity (Wildman–Crippen MR) is 116 cm³/mol. The molecule has 1 aromatic heterocycles. The number of fused-ring (bicyclic) bond motifs is 1. The third-order valence-corrected chi connectivity index (χ3v) is 4.86. The number of ether oxygens (including phenoxy) is 2. The van der Waals surface area contributed by atoms with E-state index in [9.17, 15) is 4.79 Å². The normalized spacial score (nSPS) is 11.0. The third kappa shape index (κ3) is 6.47. The molecule has 0 aliphatic heterocycles. The Balaban J connectivity index is 2.20. The highest BCUT2D eigenvalue weighted by molar-refractivity contribution is 7.80. The van der Waals surface area contributed by atoms with Crippen molar-refractivity contribution in [3.05, 3.63) is 40.2 Å². The predicted octanol–water partition coefficient (Wildman–Crippen LogP) is 0.394. The fraction of sp³-hybridized carbons (Fsp3) is 0.500. The molecule has 0 radical (unpaired) electrons. The number of nitrogens with zero attached hydrogens (tertiary/aromatic N) is 1. The van der Waals surface area contributed by atoms with Gasteiger partial charge in [-0.15, -0.1) is 0 Å². The fourth-order valence-corrected chi connectivity index (χ4v) is 3.07. The molecule has 0 spiro atoms. The van der Waals surface area contributed by atoms with Crippen LogP contribution >= 0.6 is 12.2 Å². The first-order valence-electron chi connectivity index (χ1n) is 9.45. The van der Waals surface area contributed by atoms with Crippen molar-refractivity contribution in [1.82, 2.24) is 15.2 Å². The van der Waals surface area contributed by atoms with Crippen molar-refractivity contribution in [2.75, 3.05) is 54.6 Å². The molecule has 0 saturated carbocycles. The van der Waals surface area contributed by atoms with Crippen molar-refractivity contribution >= 4 is 28.2 Å². The number of H-pyrrole nitrogens is 1. The van der Waals surface area contributed by atoms with Gasteiger partial charge in [-0.05, 0) is 42.9 Å². The molecule has 0 fully saturated rings. The summed E-state index contributed by atoms with van der Waals surface area (Å²) < 4.78 is 10.4. The first-order valence-corrected chi connectivity index (χ1v) is 9.86. The lowest BCUT2D eigenvalue weighted by Gasteiger charge is -2.26. The van der Waals surface area contributed by atoms with Crippen molar-refractivity contribution in [3.63, 3.8) is 0 Å². The number of thiocarbonyl (C=S) groups is 1.